The first-order chi connectivity index (χ1) is 41.5. The molecule has 0 fully saturated rings. The Balaban J connectivity index is 0.000000237. The molecule has 0 bridgehead atoms. The summed E-state index contributed by atoms with van der Waals surface area (Å²) in [6.45, 7) is 25.6. The van der Waals surface area contributed by atoms with Gasteiger partial charge >= 0.3 is 12.1 Å². The topological polar surface area (TPSA) is 202 Å². The maximum Gasteiger partial charge on any atom is 0.407 e. The molecule has 0 saturated carbocycles. The summed E-state index contributed by atoms with van der Waals surface area (Å²) in [7, 11) is 0. The first kappa shape index (κ1) is 66.6. The Bertz CT molecular complexity index is 3560. The number of nitrogens with zero attached hydrogens (tertiary/aromatic N) is 8. The summed E-state index contributed by atoms with van der Waals surface area (Å²) in [5, 5.41) is 17.2. The summed E-state index contributed by atoms with van der Waals surface area (Å²) >= 11 is 0. The first-order valence-corrected chi connectivity index (χ1v) is 28.6. The van der Waals surface area contributed by atoms with Crippen LogP contribution in [0, 0.1) is 28.7 Å². The quantitative estimate of drug-likeness (QED) is 0.0345. The van der Waals surface area contributed by atoms with Crippen LogP contribution >= 0.6 is 0 Å². The molecule has 0 aliphatic heterocycles. The number of nitrogens with one attached hydrogen (secondary N) is 3. The second-order valence-corrected chi connectivity index (χ2v) is 23.8. The van der Waals surface area contributed by atoms with Crippen LogP contribution in [0.25, 0.3) is 27.4 Å². The highest BCUT2D eigenvalue weighted by Crippen LogP contribution is 2.40. The Morgan fingerprint density at radius 2 is 1.18 bits per heavy atom. The summed E-state index contributed by atoms with van der Waals surface area (Å²) < 4.78 is 39.2. The highest BCUT2D eigenvalue weighted by molar-refractivity contribution is 5.90. The zero-order valence-corrected chi connectivity index (χ0v) is 50.9. The zero-order chi connectivity index (χ0) is 63.2. The van der Waals surface area contributed by atoms with Gasteiger partial charge in [-0.15, -0.1) is 0 Å². The number of hydrogen-bond donors (Lipinski definition) is 4. The number of alkyl carbamates (subject to hydrolysis) is 1. The highest BCUT2D eigenvalue weighted by atomic mass is 19.1. The smallest absolute Gasteiger partial charge is 0.407 e. The summed E-state index contributed by atoms with van der Waals surface area (Å²) in [6, 6.07) is 53.8. The van der Waals surface area contributed by atoms with E-state index < -0.39 is 41.5 Å². The number of carbonyl (C=O) groups excluding carboxylic acids is 3. The second-order valence-electron chi connectivity index (χ2n) is 23.8. The van der Waals surface area contributed by atoms with Crippen LogP contribution in [0.2, 0.25) is 0 Å². The molecule has 8 aromatic rings. The van der Waals surface area contributed by atoms with Crippen molar-refractivity contribution in [3.05, 3.63) is 222 Å². The molecule has 452 valence electrons. The van der Waals surface area contributed by atoms with Crippen LogP contribution in [0.1, 0.15) is 103 Å². The van der Waals surface area contributed by atoms with Gasteiger partial charge in [0.15, 0.2) is 5.69 Å². The van der Waals surface area contributed by atoms with Crippen molar-refractivity contribution in [2.45, 2.75) is 105 Å². The number of anilines is 1. The Labute approximate surface area is 510 Å². The number of imidazole rings is 2. The predicted octanol–water partition coefficient (Wildman–Crippen LogP) is 14.7. The summed E-state index contributed by atoms with van der Waals surface area (Å²) in [5.41, 5.74) is 12.2. The standard InChI is InChI=1S/C32H35FN6O.C29H39FN4O2.C8H4N2O/c1-32(2,3)29(39(21-25(33)19-34)31(40)36-27-17-15-26(35-4)16-18-27)30-37-28(24-13-9-6-10-14-24)22-38(30)20-23-11-7-5-8-12-23;1-28(2,3)25(31-17-23(30)18-32-27(35)36-29(4,5)6)26-33-24(22-15-11-8-12-16-22)20-34(26)19-21-13-9-7-10-14-21;9-5-7-1-3-8(4-2-7)10-6-11/h5-18,22,25,29H,19-21,34H2,1-3H3,(H,36,40);7-16,20,23,25,31H,17-19H2,1-6H3,(H,32,35);1-4H/t25-,29+;23-,25-;/m10./s1. The molecule has 0 radical (unpaired) electrons. The number of amides is 3. The molecule has 0 spiro atoms. The number of carbonyl (C=O) groups is 2. The fourth-order valence-corrected chi connectivity index (χ4v) is 9.30. The first-order valence-electron chi connectivity index (χ1n) is 28.6. The Hall–Kier alpha value is -9.58. The number of rotatable bonds is 19. The van der Waals surface area contributed by atoms with Gasteiger partial charge in [0.1, 0.15) is 29.6 Å². The van der Waals surface area contributed by atoms with E-state index in [0.717, 1.165) is 39.5 Å². The maximum atomic E-state index is 15.0. The van der Waals surface area contributed by atoms with Crippen molar-refractivity contribution in [1.29, 1.82) is 5.26 Å². The number of isocyanates is 1. The molecule has 5 N–H and O–H groups in total. The molecular weight excluding hydrogens is 1100 g/mol. The van der Waals surface area contributed by atoms with Crippen molar-refractivity contribution in [3.63, 3.8) is 0 Å². The lowest BCUT2D eigenvalue weighted by Gasteiger charge is -2.40. The molecule has 0 unspecified atom stereocenters. The number of nitriles is 1. The molecule has 87 heavy (non-hydrogen) atoms. The van der Waals surface area contributed by atoms with Gasteiger partial charge in [0.25, 0.3) is 0 Å². The van der Waals surface area contributed by atoms with Crippen LogP contribution < -0.4 is 21.7 Å². The number of aromatic nitrogens is 4. The van der Waals surface area contributed by atoms with Crippen molar-refractivity contribution in [3.8, 4) is 28.6 Å². The third kappa shape index (κ3) is 20.9. The summed E-state index contributed by atoms with van der Waals surface area (Å²) in [6.07, 6.45) is 2.14. The average Bonchev–Trinajstić information content (AvgIpc) is 2.93. The van der Waals surface area contributed by atoms with E-state index in [1.807, 2.05) is 147 Å². The Morgan fingerprint density at radius 3 is 1.63 bits per heavy atom. The van der Waals surface area contributed by atoms with E-state index in [2.05, 4.69) is 69.5 Å². The van der Waals surface area contributed by atoms with Gasteiger partial charge in [-0.2, -0.15) is 10.3 Å². The molecule has 0 aliphatic rings. The molecule has 16 nitrogen and oxygen atoms in total. The molecule has 0 saturated heterocycles. The van der Waals surface area contributed by atoms with Crippen molar-refractivity contribution in [2.75, 3.05) is 31.5 Å². The third-order valence-corrected chi connectivity index (χ3v) is 13.4. The fraction of sp³-hybridized carbons (Fsp3) is 0.319. The number of ether oxygens (including phenoxy) is 1. The minimum atomic E-state index is -1.42. The molecule has 2 heterocycles. The number of nitrogens with two attached hydrogens (primary N) is 1. The lowest BCUT2D eigenvalue weighted by Crippen LogP contribution is -2.48. The Morgan fingerprint density at radius 1 is 0.690 bits per heavy atom. The molecule has 0 aliphatic carbocycles. The summed E-state index contributed by atoms with van der Waals surface area (Å²) in [4.78, 5) is 53.9. The number of benzene rings is 6. The van der Waals surface area contributed by atoms with Gasteiger partial charge in [0, 0.05) is 55.4 Å². The molecule has 2 aromatic heterocycles. The molecule has 6 aromatic carbocycles. The van der Waals surface area contributed by atoms with Crippen LogP contribution in [0.15, 0.2) is 187 Å². The van der Waals surface area contributed by atoms with Crippen LogP contribution in [0.3, 0.4) is 0 Å². The number of hydrogen-bond acceptors (Lipinski definition) is 10. The van der Waals surface area contributed by atoms with Gasteiger partial charge in [-0.05, 0) is 79.1 Å². The second kappa shape index (κ2) is 31.5. The molecule has 4 atom stereocenters. The van der Waals surface area contributed by atoms with Crippen molar-refractivity contribution >= 4 is 35.3 Å². The van der Waals surface area contributed by atoms with E-state index in [0.29, 0.717) is 41.5 Å². The van der Waals surface area contributed by atoms with Gasteiger partial charge in [0.05, 0.1) is 60.5 Å². The maximum absolute atomic E-state index is 15.0. The van der Waals surface area contributed by atoms with E-state index in [1.165, 1.54) is 11.0 Å². The number of aliphatic imine (C=N–C) groups is 1. The van der Waals surface area contributed by atoms with Crippen molar-refractivity contribution < 1.29 is 27.9 Å². The number of halogens is 2. The van der Waals surface area contributed by atoms with Gasteiger partial charge in [-0.3, -0.25) is 0 Å². The van der Waals surface area contributed by atoms with E-state index in [-0.39, 0.29) is 37.6 Å². The third-order valence-electron chi connectivity index (χ3n) is 13.4. The minimum absolute atomic E-state index is 0.0661. The van der Waals surface area contributed by atoms with Gasteiger partial charge in [-0.1, -0.05) is 175 Å². The van der Waals surface area contributed by atoms with Crippen LogP contribution in [0.4, 0.5) is 35.4 Å². The van der Waals surface area contributed by atoms with E-state index in [1.54, 1.807) is 69.3 Å². The van der Waals surface area contributed by atoms with Gasteiger partial charge in [0.2, 0.25) is 6.08 Å². The SMILES string of the molecule is CC(C)(C)OC(=O)NC[C@@H](F)CN[C@@H](c1nc(-c2ccccc2)cn1Cc1ccccc1)C(C)(C)C.N#Cc1ccc(N=C=O)cc1.[C-]#[N+]c1ccc(NC(=O)N(C[C@H](F)CN)[C@@H](c2nc(-c3ccccc3)cn2Cc2ccccc2)C(C)(C)C)cc1. The fourth-order valence-electron chi connectivity index (χ4n) is 9.30. The molecule has 18 heteroatoms. The highest BCUT2D eigenvalue weighted by Gasteiger charge is 2.40. The predicted molar refractivity (Wildman–Crippen MR) is 339 cm³/mol. The van der Waals surface area contributed by atoms with Gasteiger partial charge in [-0.25, -0.2) is 38.0 Å². The Kier molecular flexibility index (Phi) is 24.1. The van der Waals surface area contributed by atoms with Crippen LogP contribution in [0.5, 0.6) is 0 Å². The number of alkyl halides is 2. The van der Waals surface area contributed by atoms with E-state index in [9.17, 15) is 23.2 Å². The largest absolute Gasteiger partial charge is 0.444 e. The monoisotopic (exact) mass is 1180 g/mol. The molecular formula is C69H78F2N12O4. The van der Waals surface area contributed by atoms with Crippen molar-refractivity contribution in [1.82, 2.24) is 34.6 Å². The van der Waals surface area contributed by atoms with E-state index in [4.69, 9.17) is 32.3 Å². The molecule has 8 rings (SSSR count). The van der Waals surface area contributed by atoms with Crippen LogP contribution in [-0.4, -0.2) is 86.3 Å². The van der Waals surface area contributed by atoms with E-state index >= 15 is 0 Å². The van der Waals surface area contributed by atoms with Crippen molar-refractivity contribution in [2.24, 2.45) is 21.6 Å². The lowest BCUT2D eigenvalue weighted by molar-refractivity contribution is 0.0512. The average molecular weight is 1180 g/mol. The van der Waals surface area contributed by atoms with Crippen LogP contribution in [-0.2, 0) is 22.6 Å². The molecule has 3 amide bonds. The lowest BCUT2D eigenvalue weighted by atomic mass is 9.84. The number of urea groups is 1. The minimum Gasteiger partial charge on any atom is -0.444 e. The summed E-state index contributed by atoms with van der Waals surface area (Å²) in [5.74, 6) is 1.50. The zero-order valence-electron chi connectivity index (χ0n) is 50.9. The normalized spacial score (nSPS) is 12.6. The van der Waals surface area contributed by atoms with Gasteiger partial charge < -0.3 is 40.5 Å².